The number of rotatable bonds is 12. The van der Waals surface area contributed by atoms with Gasteiger partial charge in [-0.05, 0) is 129 Å². The van der Waals surface area contributed by atoms with Crippen LogP contribution in [0, 0.1) is 0 Å². The normalized spacial score (nSPS) is 13.0. The average Bonchev–Trinajstić information content (AvgIpc) is 2.96. The highest BCUT2D eigenvalue weighted by Crippen LogP contribution is 2.31. The molecule has 0 aliphatic rings. The van der Waals surface area contributed by atoms with Crippen molar-refractivity contribution in [3.05, 3.63) is 125 Å². The van der Waals surface area contributed by atoms with Gasteiger partial charge in [0.25, 0.3) is 0 Å². The molecule has 3 N–H and O–H groups in total. The summed E-state index contributed by atoms with van der Waals surface area (Å²) < 4.78 is 11.5. The van der Waals surface area contributed by atoms with Gasteiger partial charge >= 0.3 is 0 Å². The second-order valence-corrected chi connectivity index (χ2v) is 10.5. The van der Waals surface area contributed by atoms with Crippen LogP contribution in [0.4, 0.5) is 5.69 Å². The van der Waals surface area contributed by atoms with Crippen LogP contribution >= 0.6 is 0 Å². The van der Waals surface area contributed by atoms with Gasteiger partial charge in [0.15, 0.2) is 0 Å². The zero-order valence-electron chi connectivity index (χ0n) is 25.4. The third kappa shape index (κ3) is 9.16. The monoisotopic (exact) mass is 552 g/mol. The smallest absolute Gasteiger partial charge is 0.120 e. The van der Waals surface area contributed by atoms with E-state index in [2.05, 4.69) is 69.0 Å². The fourth-order valence-corrected chi connectivity index (χ4v) is 4.40. The Morgan fingerprint density at radius 1 is 0.951 bits per heavy atom. The minimum Gasteiger partial charge on any atom is -0.508 e. The Hall–Kier alpha value is -4.22. The third-order valence-corrected chi connectivity index (χ3v) is 6.73. The van der Waals surface area contributed by atoms with Crippen LogP contribution in [-0.4, -0.2) is 19.3 Å². The Morgan fingerprint density at radius 2 is 1.63 bits per heavy atom. The van der Waals surface area contributed by atoms with Gasteiger partial charge in [0.1, 0.15) is 23.9 Å². The van der Waals surface area contributed by atoms with Crippen LogP contribution < -0.4 is 20.1 Å². The first kappa shape index (κ1) is 31.3. The molecule has 0 aliphatic carbocycles. The lowest BCUT2D eigenvalue weighted by molar-refractivity contribution is 0.305. The van der Waals surface area contributed by atoms with Crippen LogP contribution in [0.2, 0.25) is 0 Å². The number of phenols is 1. The summed E-state index contributed by atoms with van der Waals surface area (Å²) in [7, 11) is 3.69. The number of likely N-dealkylation sites (N-methyl/N-ethyl adjacent to an activating group) is 1. The van der Waals surface area contributed by atoms with Crippen molar-refractivity contribution in [2.24, 2.45) is 5.73 Å². The maximum absolute atomic E-state index is 9.72. The quantitative estimate of drug-likeness (QED) is 0.220. The number of nitrogens with two attached hydrogens (primary N) is 1. The number of allylic oxidation sites excluding steroid dienone is 7. The summed E-state index contributed by atoms with van der Waals surface area (Å²) in [5, 5.41) is 9.72. The van der Waals surface area contributed by atoms with E-state index in [-0.39, 0.29) is 11.8 Å². The summed E-state index contributed by atoms with van der Waals surface area (Å²) in [6.45, 7) is 10.9. The second kappa shape index (κ2) is 15.0. The highest BCUT2D eigenvalue weighted by atomic mass is 16.5. The van der Waals surface area contributed by atoms with E-state index in [9.17, 15) is 5.11 Å². The molecule has 0 fully saturated rings. The van der Waals surface area contributed by atoms with Crippen LogP contribution in [0.25, 0.3) is 5.57 Å². The summed E-state index contributed by atoms with van der Waals surface area (Å²) in [5.74, 6) is 1.86. The van der Waals surface area contributed by atoms with E-state index in [1.807, 2.05) is 56.4 Å². The lowest BCUT2D eigenvalue weighted by Crippen LogP contribution is -2.15. The number of phenolic OH excluding ortho intramolecular Hbond substituents is 1. The Balaban J connectivity index is 1.96. The largest absolute Gasteiger partial charge is 0.508 e. The third-order valence-electron chi connectivity index (χ3n) is 6.73. The average molecular weight is 553 g/mol. The van der Waals surface area contributed by atoms with Gasteiger partial charge in [-0.1, -0.05) is 36.8 Å². The van der Waals surface area contributed by atoms with Crippen molar-refractivity contribution in [1.82, 2.24) is 0 Å². The molecule has 0 aliphatic heterocycles. The first-order chi connectivity index (χ1) is 19.6. The van der Waals surface area contributed by atoms with Crippen molar-refractivity contribution < 1.29 is 14.6 Å². The van der Waals surface area contributed by atoms with Gasteiger partial charge in [0.05, 0.1) is 7.11 Å². The van der Waals surface area contributed by atoms with Gasteiger partial charge in [0.2, 0.25) is 0 Å². The van der Waals surface area contributed by atoms with Gasteiger partial charge in [-0.25, -0.2) is 0 Å². The van der Waals surface area contributed by atoms with Crippen molar-refractivity contribution in [1.29, 1.82) is 0 Å². The molecule has 0 amide bonds. The fourth-order valence-electron chi connectivity index (χ4n) is 4.40. The molecule has 1 unspecified atom stereocenters. The predicted octanol–water partition coefficient (Wildman–Crippen LogP) is 8.73. The summed E-state index contributed by atoms with van der Waals surface area (Å²) in [6.07, 6.45) is 9.58. The Labute approximate surface area is 245 Å². The van der Waals surface area contributed by atoms with E-state index in [1.165, 1.54) is 5.57 Å². The standard InChI is InChI=1S/C36H44N2O3/c1-8-9-36(26(4)10-13-32(20-25(2)3)38(6)31-14-16-33(39)17-15-31)30-21-29(27(5)37)22-35(23-30)41-24-28-11-18-34(40-7)19-12-28/h9-23,27,39H,8,24,37H2,1-7H3/b26-10+,32-13+,36-9-. The number of hydrogen-bond donors (Lipinski definition) is 2. The molecule has 3 rings (SSSR count). The first-order valence-corrected chi connectivity index (χ1v) is 14.0. The summed E-state index contributed by atoms with van der Waals surface area (Å²) in [6, 6.07) is 21.3. The van der Waals surface area contributed by atoms with Gasteiger partial charge in [0, 0.05) is 24.5 Å². The maximum Gasteiger partial charge on any atom is 0.120 e. The lowest BCUT2D eigenvalue weighted by Gasteiger charge is -2.21. The molecule has 5 heteroatoms. The van der Waals surface area contributed by atoms with Crippen LogP contribution in [0.5, 0.6) is 17.2 Å². The molecule has 0 saturated heterocycles. The topological polar surface area (TPSA) is 68.0 Å². The number of anilines is 1. The number of ether oxygens (including phenoxy) is 2. The molecule has 0 radical (unpaired) electrons. The molecular weight excluding hydrogens is 508 g/mol. The number of nitrogens with zero attached hydrogens (tertiary/aromatic N) is 1. The zero-order chi connectivity index (χ0) is 29.9. The highest BCUT2D eigenvalue weighted by Gasteiger charge is 2.12. The number of methoxy groups -OCH3 is 1. The van der Waals surface area contributed by atoms with Gasteiger partial charge in [-0.15, -0.1) is 0 Å². The molecule has 0 saturated carbocycles. The number of hydrogen-bond acceptors (Lipinski definition) is 5. The summed E-state index contributed by atoms with van der Waals surface area (Å²) >= 11 is 0. The van der Waals surface area contributed by atoms with Crippen molar-refractivity contribution in [2.45, 2.75) is 53.7 Å². The van der Waals surface area contributed by atoms with Gasteiger partial charge in [-0.2, -0.15) is 0 Å². The zero-order valence-corrected chi connectivity index (χ0v) is 25.4. The van der Waals surface area contributed by atoms with Crippen molar-refractivity contribution in [2.75, 3.05) is 19.1 Å². The second-order valence-electron chi connectivity index (χ2n) is 10.5. The maximum atomic E-state index is 9.72. The van der Waals surface area contributed by atoms with Crippen LogP contribution in [0.3, 0.4) is 0 Å². The molecule has 3 aromatic rings. The predicted molar refractivity (Wildman–Crippen MR) is 172 cm³/mol. The SMILES string of the molecule is CC/C=C(/C(C)=C/C=C(\C=C(C)C)N(C)c1ccc(O)cc1)c1cc(OCc2ccc(OC)cc2)cc(C(C)N)c1. The van der Waals surface area contributed by atoms with Gasteiger partial charge < -0.3 is 25.2 Å². The van der Waals surface area contributed by atoms with Crippen molar-refractivity contribution in [3.8, 4) is 17.2 Å². The molecule has 3 aromatic carbocycles. The van der Waals surface area contributed by atoms with E-state index in [0.29, 0.717) is 6.61 Å². The minimum atomic E-state index is -0.131. The molecule has 0 heterocycles. The van der Waals surface area contributed by atoms with E-state index < -0.39 is 0 Å². The van der Waals surface area contributed by atoms with E-state index in [0.717, 1.165) is 57.1 Å². The molecular formula is C36H44N2O3. The van der Waals surface area contributed by atoms with Crippen LogP contribution in [-0.2, 0) is 6.61 Å². The van der Waals surface area contributed by atoms with E-state index in [1.54, 1.807) is 19.2 Å². The lowest BCUT2D eigenvalue weighted by atomic mass is 9.94. The fraction of sp³-hybridized carbons (Fsp3) is 0.278. The number of aromatic hydroxyl groups is 1. The minimum absolute atomic E-state index is 0.131. The summed E-state index contributed by atoms with van der Waals surface area (Å²) in [5.41, 5.74) is 15.0. The highest BCUT2D eigenvalue weighted by molar-refractivity contribution is 5.80. The molecule has 1 atom stereocenters. The Morgan fingerprint density at radius 3 is 2.22 bits per heavy atom. The van der Waals surface area contributed by atoms with Gasteiger partial charge in [-0.3, -0.25) is 0 Å². The van der Waals surface area contributed by atoms with E-state index in [4.69, 9.17) is 15.2 Å². The van der Waals surface area contributed by atoms with E-state index >= 15 is 0 Å². The molecule has 5 nitrogen and oxygen atoms in total. The van der Waals surface area contributed by atoms with Crippen molar-refractivity contribution >= 4 is 11.3 Å². The number of benzene rings is 3. The molecule has 0 aromatic heterocycles. The van der Waals surface area contributed by atoms with Crippen LogP contribution in [0.1, 0.15) is 63.8 Å². The molecule has 41 heavy (non-hydrogen) atoms. The first-order valence-electron chi connectivity index (χ1n) is 14.0. The molecule has 0 spiro atoms. The summed E-state index contributed by atoms with van der Waals surface area (Å²) in [4.78, 5) is 2.11. The van der Waals surface area contributed by atoms with Crippen LogP contribution in [0.15, 0.2) is 108 Å². The Kier molecular flexibility index (Phi) is 11.4. The van der Waals surface area contributed by atoms with Crippen molar-refractivity contribution in [3.63, 3.8) is 0 Å². The molecule has 0 bridgehead atoms. The molecule has 216 valence electrons. The Bertz CT molecular complexity index is 1410.